The van der Waals surface area contributed by atoms with E-state index in [-0.39, 0.29) is 0 Å². The molecular weight excluding hydrogens is 400 g/mol. The van der Waals surface area contributed by atoms with Crippen LogP contribution in [0.1, 0.15) is 36.9 Å². The van der Waals surface area contributed by atoms with Crippen molar-refractivity contribution in [3.63, 3.8) is 0 Å². The molecule has 158 valence electrons. The first-order chi connectivity index (χ1) is 14.5. The third kappa shape index (κ3) is 3.61. The number of hydrogen-bond acceptors (Lipinski definition) is 5. The Morgan fingerprint density at radius 3 is 2.47 bits per heavy atom. The second-order valence-corrected chi connectivity index (χ2v) is 10.1. The van der Waals surface area contributed by atoms with Crippen LogP contribution in [-0.4, -0.2) is 56.4 Å². The number of pyridine rings is 2. The van der Waals surface area contributed by atoms with E-state index in [2.05, 4.69) is 22.2 Å². The standard InChI is InChI=1S/C21H26N6O2S/c1-25-14-19(13-23-25)17-10-16-11-18-15-27(9-6-20(18)24-21(16)22-12-17)30(28,29)26-7-4-2-3-5-8-26/h10-14H,2-9,15H2,1H3. The molecule has 0 atom stereocenters. The lowest BCUT2D eigenvalue weighted by atomic mass is 10.0. The minimum atomic E-state index is -3.44. The lowest BCUT2D eigenvalue weighted by molar-refractivity contribution is 0.327. The van der Waals surface area contributed by atoms with Crippen LogP contribution in [0, 0.1) is 0 Å². The van der Waals surface area contributed by atoms with E-state index in [0.29, 0.717) is 38.2 Å². The first kappa shape index (κ1) is 19.6. The zero-order valence-corrected chi connectivity index (χ0v) is 18.0. The van der Waals surface area contributed by atoms with Crippen LogP contribution in [0.15, 0.2) is 30.7 Å². The largest absolute Gasteiger partial charge is 0.282 e. The van der Waals surface area contributed by atoms with Gasteiger partial charge in [0.15, 0.2) is 5.65 Å². The van der Waals surface area contributed by atoms with E-state index >= 15 is 0 Å². The molecule has 1 saturated heterocycles. The van der Waals surface area contributed by atoms with Crippen molar-refractivity contribution in [1.82, 2.24) is 28.4 Å². The van der Waals surface area contributed by atoms with Gasteiger partial charge in [0.25, 0.3) is 10.2 Å². The number of rotatable bonds is 3. The van der Waals surface area contributed by atoms with Crippen molar-refractivity contribution in [1.29, 1.82) is 0 Å². The molecule has 0 N–H and O–H groups in total. The van der Waals surface area contributed by atoms with Crippen molar-refractivity contribution in [3.8, 4) is 11.1 Å². The van der Waals surface area contributed by atoms with Crippen molar-refractivity contribution < 1.29 is 8.42 Å². The van der Waals surface area contributed by atoms with Crippen LogP contribution in [0.3, 0.4) is 0 Å². The van der Waals surface area contributed by atoms with E-state index in [9.17, 15) is 8.42 Å². The van der Waals surface area contributed by atoms with Gasteiger partial charge in [-0.1, -0.05) is 12.8 Å². The summed E-state index contributed by atoms with van der Waals surface area (Å²) in [6, 6.07) is 4.10. The van der Waals surface area contributed by atoms with E-state index in [1.807, 2.05) is 25.6 Å². The number of fused-ring (bicyclic) bond motifs is 2. The summed E-state index contributed by atoms with van der Waals surface area (Å²) in [5, 5.41) is 5.15. The van der Waals surface area contributed by atoms with Crippen molar-refractivity contribution in [2.75, 3.05) is 19.6 Å². The molecule has 0 aromatic carbocycles. The van der Waals surface area contributed by atoms with E-state index in [0.717, 1.165) is 53.5 Å². The molecule has 0 saturated carbocycles. The highest BCUT2D eigenvalue weighted by atomic mass is 32.2. The van der Waals surface area contributed by atoms with Crippen molar-refractivity contribution >= 4 is 21.2 Å². The van der Waals surface area contributed by atoms with Gasteiger partial charge in [-0.05, 0) is 30.5 Å². The van der Waals surface area contributed by atoms with E-state index in [4.69, 9.17) is 4.98 Å². The highest BCUT2D eigenvalue weighted by Crippen LogP contribution is 2.28. The van der Waals surface area contributed by atoms with Crippen LogP contribution in [0.5, 0.6) is 0 Å². The normalized spacial score (nSPS) is 19.0. The maximum Gasteiger partial charge on any atom is 0.282 e. The fourth-order valence-electron chi connectivity index (χ4n) is 4.36. The van der Waals surface area contributed by atoms with E-state index < -0.39 is 10.2 Å². The molecule has 8 nitrogen and oxygen atoms in total. The average molecular weight is 427 g/mol. The second-order valence-electron chi connectivity index (χ2n) is 8.17. The summed E-state index contributed by atoms with van der Waals surface area (Å²) in [5.74, 6) is 0. The van der Waals surface area contributed by atoms with Gasteiger partial charge in [0.1, 0.15) is 0 Å². The van der Waals surface area contributed by atoms with Gasteiger partial charge in [-0.25, -0.2) is 9.97 Å². The quantitative estimate of drug-likeness (QED) is 0.643. The van der Waals surface area contributed by atoms with Gasteiger partial charge in [-0.2, -0.15) is 22.1 Å². The van der Waals surface area contributed by atoms with Crippen molar-refractivity contribution in [3.05, 3.63) is 42.0 Å². The number of hydrogen-bond donors (Lipinski definition) is 0. The molecule has 3 aromatic heterocycles. The zero-order chi connectivity index (χ0) is 20.7. The van der Waals surface area contributed by atoms with Crippen molar-refractivity contribution in [2.24, 2.45) is 7.05 Å². The third-order valence-electron chi connectivity index (χ3n) is 6.04. The van der Waals surface area contributed by atoms with Crippen LogP contribution in [0.2, 0.25) is 0 Å². The summed E-state index contributed by atoms with van der Waals surface area (Å²) in [6.07, 6.45) is 10.3. The first-order valence-electron chi connectivity index (χ1n) is 10.5. The van der Waals surface area contributed by atoms with Crippen LogP contribution in [0.4, 0.5) is 0 Å². The summed E-state index contributed by atoms with van der Waals surface area (Å²) < 4.78 is 31.5. The topological polar surface area (TPSA) is 84.2 Å². The predicted octanol–water partition coefficient (Wildman–Crippen LogP) is 2.51. The van der Waals surface area contributed by atoms with E-state index in [1.54, 1.807) is 13.3 Å². The van der Waals surface area contributed by atoms with Gasteiger partial charge in [-0.3, -0.25) is 4.68 Å². The summed E-state index contributed by atoms with van der Waals surface area (Å²) in [6.45, 7) is 2.09. The molecule has 0 spiro atoms. The second kappa shape index (κ2) is 7.72. The molecule has 5 rings (SSSR count). The molecule has 9 heteroatoms. The monoisotopic (exact) mass is 426 g/mol. The lowest BCUT2D eigenvalue weighted by Crippen LogP contribution is -2.46. The molecule has 3 aromatic rings. The minimum Gasteiger partial charge on any atom is -0.275 e. The molecule has 0 bridgehead atoms. The fourth-order valence-corrected chi connectivity index (χ4v) is 6.03. The average Bonchev–Trinajstić information content (AvgIpc) is 3.00. The molecule has 0 aliphatic carbocycles. The van der Waals surface area contributed by atoms with Crippen LogP contribution >= 0.6 is 0 Å². The van der Waals surface area contributed by atoms with Crippen LogP contribution in [-0.2, 0) is 30.2 Å². The lowest BCUT2D eigenvalue weighted by Gasteiger charge is -2.32. The molecular formula is C21H26N6O2S. The Kier molecular flexibility index (Phi) is 5.04. The third-order valence-corrected chi connectivity index (χ3v) is 8.02. The molecule has 2 aliphatic rings. The van der Waals surface area contributed by atoms with Gasteiger partial charge in [0.2, 0.25) is 0 Å². The summed E-state index contributed by atoms with van der Waals surface area (Å²) in [5.41, 5.74) is 4.59. The maximum absolute atomic E-state index is 13.2. The van der Waals surface area contributed by atoms with Gasteiger partial charge in [0, 0.05) is 74.2 Å². The first-order valence-corrected chi connectivity index (χ1v) is 11.9. The zero-order valence-electron chi connectivity index (χ0n) is 17.2. The Balaban J connectivity index is 1.45. The maximum atomic E-state index is 13.2. The summed E-state index contributed by atoms with van der Waals surface area (Å²) in [4.78, 5) is 9.27. The molecule has 0 radical (unpaired) electrons. The van der Waals surface area contributed by atoms with Gasteiger partial charge < -0.3 is 0 Å². The Hall–Kier alpha value is -2.36. The highest BCUT2D eigenvalue weighted by Gasteiger charge is 2.33. The molecule has 5 heterocycles. The van der Waals surface area contributed by atoms with E-state index in [1.165, 1.54) is 0 Å². The van der Waals surface area contributed by atoms with Gasteiger partial charge in [0.05, 0.1) is 6.20 Å². The Morgan fingerprint density at radius 1 is 0.933 bits per heavy atom. The number of nitrogens with zero attached hydrogens (tertiary/aromatic N) is 6. The SMILES string of the molecule is Cn1cc(-c2cnc3nc4c(cc3c2)CN(S(=O)(=O)N2CCCCCC2)CC4)cn1. The Labute approximate surface area is 176 Å². The Morgan fingerprint density at radius 2 is 1.73 bits per heavy atom. The molecule has 0 unspecified atom stereocenters. The van der Waals surface area contributed by atoms with Crippen LogP contribution < -0.4 is 0 Å². The fraction of sp³-hybridized carbons (Fsp3) is 0.476. The van der Waals surface area contributed by atoms with Gasteiger partial charge >= 0.3 is 0 Å². The van der Waals surface area contributed by atoms with Gasteiger partial charge in [-0.15, -0.1) is 0 Å². The highest BCUT2D eigenvalue weighted by molar-refractivity contribution is 7.86. The number of aromatic nitrogens is 4. The summed E-state index contributed by atoms with van der Waals surface area (Å²) in [7, 11) is -1.56. The Bertz CT molecular complexity index is 1180. The minimum absolute atomic E-state index is 0.369. The molecule has 1 fully saturated rings. The predicted molar refractivity (Wildman–Crippen MR) is 115 cm³/mol. The van der Waals surface area contributed by atoms with Crippen molar-refractivity contribution in [2.45, 2.75) is 38.6 Å². The molecule has 30 heavy (non-hydrogen) atoms. The smallest absolute Gasteiger partial charge is 0.275 e. The number of aryl methyl sites for hydroxylation is 1. The molecule has 2 aliphatic heterocycles. The molecule has 0 amide bonds. The summed E-state index contributed by atoms with van der Waals surface area (Å²) >= 11 is 0. The van der Waals surface area contributed by atoms with Crippen LogP contribution in [0.25, 0.3) is 22.2 Å².